The van der Waals surface area contributed by atoms with Crippen LogP contribution in [-0.2, 0) is 16.0 Å². The first-order valence-electron chi connectivity index (χ1n) is 10.2. The number of aromatic nitrogens is 2. The normalized spacial score (nSPS) is 14.7. The minimum Gasteiger partial charge on any atom is -0.484 e. The molecular weight excluding hydrogens is 476 g/mol. The summed E-state index contributed by atoms with van der Waals surface area (Å²) in [6.07, 6.45) is 3.61. The summed E-state index contributed by atoms with van der Waals surface area (Å²) in [5.74, 6) is 0.0953. The first kappa shape index (κ1) is 23.1. The topological polar surface area (TPSA) is 84.4 Å². The zero-order valence-corrected chi connectivity index (χ0v) is 20.1. The third kappa shape index (κ3) is 5.84. The molecule has 10 heteroatoms. The Bertz CT molecular complexity index is 1190. The van der Waals surface area contributed by atoms with Crippen LogP contribution in [0.3, 0.4) is 0 Å². The Kier molecular flexibility index (Phi) is 7.48. The van der Waals surface area contributed by atoms with Crippen LogP contribution in [0.25, 0.3) is 6.08 Å². The SMILES string of the molecule is CCCc1nnc(NC(=O)COc2ccc(/C=C3\SC(=S)N(c4ccccc4)C3=O)cc2)s1. The molecule has 33 heavy (non-hydrogen) atoms. The maximum Gasteiger partial charge on any atom is 0.270 e. The summed E-state index contributed by atoms with van der Waals surface area (Å²) < 4.78 is 6.06. The van der Waals surface area contributed by atoms with Crippen molar-refractivity contribution >= 4 is 68.3 Å². The van der Waals surface area contributed by atoms with Crippen LogP contribution in [0.2, 0.25) is 0 Å². The summed E-state index contributed by atoms with van der Waals surface area (Å²) >= 11 is 8.03. The van der Waals surface area contributed by atoms with Crippen molar-refractivity contribution in [3.05, 3.63) is 70.1 Å². The molecule has 1 aliphatic heterocycles. The highest BCUT2D eigenvalue weighted by Gasteiger charge is 2.33. The Balaban J connectivity index is 1.33. The minimum absolute atomic E-state index is 0.141. The number of nitrogens with zero attached hydrogens (tertiary/aromatic N) is 3. The van der Waals surface area contributed by atoms with Crippen molar-refractivity contribution in [1.29, 1.82) is 0 Å². The molecule has 2 heterocycles. The van der Waals surface area contributed by atoms with Crippen molar-refractivity contribution in [3.63, 3.8) is 0 Å². The number of para-hydroxylation sites is 1. The number of carbonyl (C=O) groups excluding carboxylic acids is 2. The lowest BCUT2D eigenvalue weighted by molar-refractivity contribution is -0.118. The van der Waals surface area contributed by atoms with E-state index in [4.69, 9.17) is 17.0 Å². The number of hydrogen-bond donors (Lipinski definition) is 1. The second kappa shape index (κ2) is 10.7. The van der Waals surface area contributed by atoms with E-state index in [1.54, 1.807) is 18.2 Å². The first-order valence-corrected chi connectivity index (χ1v) is 12.3. The number of carbonyl (C=O) groups is 2. The monoisotopic (exact) mass is 496 g/mol. The Morgan fingerprint density at radius 2 is 1.91 bits per heavy atom. The highest BCUT2D eigenvalue weighted by atomic mass is 32.2. The molecule has 0 bridgehead atoms. The van der Waals surface area contributed by atoms with Gasteiger partial charge in [-0.25, -0.2) is 0 Å². The van der Waals surface area contributed by atoms with Crippen LogP contribution >= 0.6 is 35.3 Å². The first-order chi connectivity index (χ1) is 16.0. The van der Waals surface area contributed by atoms with Gasteiger partial charge in [-0.2, -0.15) is 0 Å². The van der Waals surface area contributed by atoms with E-state index in [2.05, 4.69) is 22.4 Å². The van der Waals surface area contributed by atoms with Gasteiger partial charge in [-0.05, 0) is 42.3 Å². The molecule has 2 amide bonds. The van der Waals surface area contributed by atoms with Gasteiger partial charge in [-0.3, -0.25) is 19.8 Å². The van der Waals surface area contributed by atoms with Gasteiger partial charge in [0.1, 0.15) is 10.8 Å². The molecule has 1 aromatic heterocycles. The lowest BCUT2D eigenvalue weighted by atomic mass is 10.2. The number of thioether (sulfide) groups is 1. The van der Waals surface area contributed by atoms with Gasteiger partial charge in [0.25, 0.3) is 11.8 Å². The van der Waals surface area contributed by atoms with Crippen molar-refractivity contribution in [3.8, 4) is 5.75 Å². The molecule has 0 unspecified atom stereocenters. The van der Waals surface area contributed by atoms with Crippen LogP contribution in [0.5, 0.6) is 5.75 Å². The van der Waals surface area contributed by atoms with Crippen LogP contribution < -0.4 is 15.0 Å². The number of rotatable bonds is 8. The predicted molar refractivity (Wildman–Crippen MR) is 137 cm³/mol. The van der Waals surface area contributed by atoms with Crippen molar-refractivity contribution in [2.75, 3.05) is 16.8 Å². The molecule has 0 spiro atoms. The maximum absolute atomic E-state index is 12.8. The lowest BCUT2D eigenvalue weighted by Gasteiger charge is -2.13. The molecule has 0 aliphatic carbocycles. The Labute approximate surface area is 204 Å². The van der Waals surface area contributed by atoms with E-state index in [1.807, 2.05) is 42.5 Å². The van der Waals surface area contributed by atoms with Gasteiger partial charge >= 0.3 is 0 Å². The Morgan fingerprint density at radius 3 is 2.64 bits per heavy atom. The predicted octanol–water partition coefficient (Wildman–Crippen LogP) is 4.91. The van der Waals surface area contributed by atoms with E-state index >= 15 is 0 Å². The van der Waals surface area contributed by atoms with Gasteiger partial charge in [0.15, 0.2) is 10.9 Å². The zero-order chi connectivity index (χ0) is 23.2. The fourth-order valence-corrected chi connectivity index (χ4v) is 5.16. The van der Waals surface area contributed by atoms with Crippen molar-refractivity contribution in [1.82, 2.24) is 10.2 Å². The number of benzene rings is 2. The third-order valence-corrected chi connectivity index (χ3v) is 6.73. The number of nitrogens with one attached hydrogen (secondary N) is 1. The van der Waals surface area contributed by atoms with Crippen molar-refractivity contribution in [2.45, 2.75) is 19.8 Å². The van der Waals surface area contributed by atoms with E-state index < -0.39 is 0 Å². The molecule has 1 fully saturated rings. The molecule has 1 aliphatic rings. The Hall–Kier alpha value is -3.08. The smallest absolute Gasteiger partial charge is 0.270 e. The molecule has 168 valence electrons. The fourth-order valence-electron chi connectivity index (χ4n) is 3.00. The molecule has 4 rings (SSSR count). The summed E-state index contributed by atoms with van der Waals surface area (Å²) in [5.41, 5.74) is 1.58. The highest BCUT2D eigenvalue weighted by molar-refractivity contribution is 8.27. The quantitative estimate of drug-likeness (QED) is 0.350. The largest absolute Gasteiger partial charge is 0.484 e. The van der Waals surface area contributed by atoms with Gasteiger partial charge in [0.05, 0.1) is 10.6 Å². The third-order valence-electron chi connectivity index (χ3n) is 4.53. The second-order valence-corrected chi connectivity index (χ2v) is 9.75. The Morgan fingerprint density at radius 1 is 1.15 bits per heavy atom. The summed E-state index contributed by atoms with van der Waals surface area (Å²) in [4.78, 5) is 27.0. The van der Waals surface area contributed by atoms with Gasteiger partial charge in [-0.1, -0.05) is 72.6 Å². The number of ether oxygens (including phenoxy) is 1. The van der Waals surface area contributed by atoms with E-state index in [-0.39, 0.29) is 18.4 Å². The molecule has 0 radical (unpaired) electrons. The van der Waals surface area contributed by atoms with Crippen LogP contribution in [0.4, 0.5) is 10.8 Å². The molecule has 0 saturated carbocycles. The fraction of sp³-hybridized carbons (Fsp3) is 0.174. The van der Waals surface area contributed by atoms with Gasteiger partial charge < -0.3 is 4.74 Å². The summed E-state index contributed by atoms with van der Waals surface area (Å²) in [6, 6.07) is 16.5. The van der Waals surface area contributed by atoms with E-state index in [9.17, 15) is 9.59 Å². The average Bonchev–Trinajstić information content (AvgIpc) is 3.37. The number of aryl methyl sites for hydroxylation is 1. The number of anilines is 2. The van der Waals surface area contributed by atoms with Crippen molar-refractivity contribution in [2.24, 2.45) is 0 Å². The lowest BCUT2D eigenvalue weighted by Crippen LogP contribution is -2.27. The van der Waals surface area contributed by atoms with Gasteiger partial charge in [0, 0.05) is 6.42 Å². The molecule has 1 N–H and O–H groups in total. The number of amides is 2. The summed E-state index contributed by atoms with van der Waals surface area (Å²) in [5, 5.41) is 12.0. The van der Waals surface area contributed by atoms with Gasteiger partial charge in [0.2, 0.25) is 5.13 Å². The molecule has 2 aromatic carbocycles. The number of hydrogen-bond acceptors (Lipinski definition) is 8. The van der Waals surface area contributed by atoms with Crippen molar-refractivity contribution < 1.29 is 14.3 Å². The zero-order valence-electron chi connectivity index (χ0n) is 17.7. The molecule has 0 atom stereocenters. The summed E-state index contributed by atoms with van der Waals surface area (Å²) in [6.45, 7) is 1.92. The van der Waals surface area contributed by atoms with Crippen LogP contribution in [0, 0.1) is 0 Å². The highest BCUT2D eigenvalue weighted by Crippen LogP contribution is 2.36. The van der Waals surface area contributed by atoms with E-state index in [0.29, 0.717) is 20.1 Å². The minimum atomic E-state index is -0.303. The number of thiocarbonyl (C=S) groups is 1. The van der Waals surface area contributed by atoms with Gasteiger partial charge in [-0.15, -0.1) is 10.2 Å². The molecule has 3 aromatic rings. The average molecular weight is 497 g/mol. The standard InChI is InChI=1S/C23H20N4O3S3/c1-2-6-20-25-26-22(33-20)24-19(28)14-30-17-11-9-15(10-12-17)13-18-21(29)27(23(31)32-18)16-7-4-3-5-8-16/h3-5,7-13H,2,6,14H2,1H3,(H,24,26,28)/b18-13-. The molecule has 7 nitrogen and oxygen atoms in total. The van der Waals surface area contributed by atoms with Crippen LogP contribution in [0.1, 0.15) is 23.9 Å². The molecular formula is C23H20N4O3S3. The van der Waals surface area contributed by atoms with E-state index in [0.717, 1.165) is 29.1 Å². The van der Waals surface area contributed by atoms with Crippen LogP contribution in [0.15, 0.2) is 59.5 Å². The van der Waals surface area contributed by atoms with Crippen LogP contribution in [-0.4, -0.2) is 32.9 Å². The van der Waals surface area contributed by atoms with E-state index in [1.165, 1.54) is 28.0 Å². The molecule has 1 saturated heterocycles. The maximum atomic E-state index is 12.8. The summed E-state index contributed by atoms with van der Waals surface area (Å²) in [7, 11) is 0. The second-order valence-electron chi connectivity index (χ2n) is 7.01.